The summed E-state index contributed by atoms with van der Waals surface area (Å²) in [6, 6.07) is 6.55. The second-order valence-corrected chi connectivity index (χ2v) is 4.42. The van der Waals surface area contributed by atoms with Crippen LogP contribution in [0.25, 0.3) is 0 Å². The maximum Gasteiger partial charge on any atom is 0.0352 e. The Hall–Kier alpha value is -0.750. The molecule has 0 fully saturated rings. The highest BCUT2D eigenvalue weighted by molar-refractivity contribution is 7.79. The lowest BCUT2D eigenvalue weighted by atomic mass is 9.96. The van der Waals surface area contributed by atoms with Crippen molar-refractivity contribution in [3.05, 3.63) is 29.8 Å². The SMILES string of the molecule is CC(C)(N)c1ccc(S(=O)[O-])cc1.CN. The Morgan fingerprint density at radius 1 is 1.20 bits per heavy atom. The van der Waals surface area contributed by atoms with E-state index in [1.54, 1.807) is 24.3 Å². The van der Waals surface area contributed by atoms with Gasteiger partial charge >= 0.3 is 0 Å². The van der Waals surface area contributed by atoms with Crippen molar-refractivity contribution in [1.82, 2.24) is 0 Å². The molecule has 1 rings (SSSR count). The number of hydrogen-bond acceptors (Lipinski definition) is 4. The van der Waals surface area contributed by atoms with Gasteiger partial charge in [-0.2, -0.15) is 0 Å². The first kappa shape index (κ1) is 14.2. The molecular weight excluding hydrogens is 212 g/mol. The average Bonchev–Trinajstić information content (AvgIpc) is 2.20. The molecule has 4 N–H and O–H groups in total. The quantitative estimate of drug-likeness (QED) is 0.730. The van der Waals surface area contributed by atoms with E-state index in [1.165, 1.54) is 7.05 Å². The molecule has 0 bridgehead atoms. The highest BCUT2D eigenvalue weighted by Crippen LogP contribution is 2.17. The predicted molar refractivity (Wildman–Crippen MR) is 61.0 cm³/mol. The van der Waals surface area contributed by atoms with E-state index in [2.05, 4.69) is 5.73 Å². The molecular formula is C10H17N2O2S-. The fourth-order valence-electron chi connectivity index (χ4n) is 0.996. The molecule has 86 valence electrons. The molecule has 0 aliphatic heterocycles. The van der Waals surface area contributed by atoms with E-state index in [0.717, 1.165) is 5.56 Å². The van der Waals surface area contributed by atoms with E-state index in [0.29, 0.717) is 0 Å². The van der Waals surface area contributed by atoms with E-state index in [4.69, 9.17) is 5.73 Å². The molecule has 0 radical (unpaired) electrons. The van der Waals surface area contributed by atoms with Crippen LogP contribution in [-0.4, -0.2) is 15.8 Å². The largest absolute Gasteiger partial charge is 0.768 e. The van der Waals surface area contributed by atoms with Crippen molar-refractivity contribution in [1.29, 1.82) is 0 Å². The van der Waals surface area contributed by atoms with Crippen molar-refractivity contribution in [2.75, 3.05) is 7.05 Å². The van der Waals surface area contributed by atoms with Crippen LogP contribution in [0.15, 0.2) is 29.2 Å². The Bertz CT molecular complexity index is 317. The Balaban J connectivity index is 0.000000921. The van der Waals surface area contributed by atoms with Crippen molar-refractivity contribution >= 4 is 11.1 Å². The molecule has 5 heteroatoms. The molecule has 0 aliphatic rings. The maximum absolute atomic E-state index is 10.5. The van der Waals surface area contributed by atoms with Gasteiger partial charge in [-0.1, -0.05) is 12.1 Å². The normalized spacial score (nSPS) is 12.7. The summed E-state index contributed by atoms with van der Waals surface area (Å²) in [5.74, 6) is 0. The summed E-state index contributed by atoms with van der Waals surface area (Å²) in [5, 5.41) is 0. The van der Waals surface area contributed by atoms with Crippen LogP contribution in [0.5, 0.6) is 0 Å². The van der Waals surface area contributed by atoms with Gasteiger partial charge in [0, 0.05) is 10.4 Å². The van der Waals surface area contributed by atoms with Crippen LogP contribution in [0.2, 0.25) is 0 Å². The standard InChI is InChI=1S/C9H13NO2S.CH5N/c1-9(2,10)7-3-5-8(6-4-7)13(11)12;1-2/h3-6H,10H2,1-2H3,(H,11,12);2H2,1H3/p-1. The van der Waals surface area contributed by atoms with Gasteiger partial charge < -0.3 is 16.0 Å². The van der Waals surface area contributed by atoms with E-state index in [1.807, 2.05) is 13.8 Å². The second-order valence-electron chi connectivity index (χ2n) is 3.48. The van der Waals surface area contributed by atoms with Gasteiger partial charge in [-0.3, -0.25) is 4.21 Å². The summed E-state index contributed by atoms with van der Waals surface area (Å²) in [5.41, 5.74) is 10.8. The fourth-order valence-corrected chi connectivity index (χ4v) is 1.35. The van der Waals surface area contributed by atoms with Crippen molar-refractivity contribution in [3.8, 4) is 0 Å². The maximum atomic E-state index is 10.5. The van der Waals surface area contributed by atoms with Gasteiger partial charge in [0.25, 0.3) is 0 Å². The van der Waals surface area contributed by atoms with Gasteiger partial charge in [0.05, 0.1) is 0 Å². The highest BCUT2D eigenvalue weighted by Gasteiger charge is 2.12. The van der Waals surface area contributed by atoms with Crippen LogP contribution in [0.1, 0.15) is 19.4 Å². The second kappa shape index (κ2) is 5.97. The molecule has 0 aliphatic carbocycles. The van der Waals surface area contributed by atoms with Crippen LogP contribution in [-0.2, 0) is 16.6 Å². The summed E-state index contributed by atoms with van der Waals surface area (Å²) in [7, 11) is 1.50. The van der Waals surface area contributed by atoms with Crippen LogP contribution in [0.4, 0.5) is 0 Å². The third-order valence-corrected chi connectivity index (χ3v) is 2.45. The zero-order valence-corrected chi connectivity index (χ0v) is 10.0. The first-order valence-electron chi connectivity index (χ1n) is 4.47. The lowest BCUT2D eigenvalue weighted by Crippen LogP contribution is -2.28. The number of rotatable bonds is 2. The minimum absolute atomic E-state index is 0.285. The molecule has 1 aromatic rings. The van der Waals surface area contributed by atoms with Gasteiger partial charge in [-0.05, 0) is 49.7 Å². The lowest BCUT2D eigenvalue weighted by Gasteiger charge is -2.19. The average molecular weight is 229 g/mol. The van der Waals surface area contributed by atoms with Gasteiger partial charge in [-0.15, -0.1) is 0 Å². The van der Waals surface area contributed by atoms with E-state index in [9.17, 15) is 8.76 Å². The molecule has 0 aromatic heterocycles. The molecule has 1 unspecified atom stereocenters. The van der Waals surface area contributed by atoms with Gasteiger partial charge in [-0.25, -0.2) is 0 Å². The summed E-state index contributed by atoms with van der Waals surface area (Å²) in [4.78, 5) is 0.285. The molecule has 0 amide bonds. The molecule has 4 nitrogen and oxygen atoms in total. The lowest BCUT2D eigenvalue weighted by molar-refractivity contribution is 0.535. The molecule has 0 saturated heterocycles. The van der Waals surface area contributed by atoms with Crippen LogP contribution >= 0.6 is 0 Å². The Labute approximate surface area is 93.0 Å². The van der Waals surface area contributed by atoms with Crippen molar-refractivity contribution in [2.45, 2.75) is 24.3 Å². The van der Waals surface area contributed by atoms with Crippen LogP contribution in [0, 0.1) is 0 Å². The molecule has 0 spiro atoms. The highest BCUT2D eigenvalue weighted by atomic mass is 32.2. The number of nitrogens with two attached hydrogens (primary N) is 2. The van der Waals surface area contributed by atoms with Crippen molar-refractivity contribution in [3.63, 3.8) is 0 Å². The number of hydrogen-bond donors (Lipinski definition) is 2. The van der Waals surface area contributed by atoms with Crippen molar-refractivity contribution < 1.29 is 8.76 Å². The topological polar surface area (TPSA) is 92.2 Å². The monoisotopic (exact) mass is 229 g/mol. The van der Waals surface area contributed by atoms with Crippen LogP contribution < -0.4 is 11.5 Å². The summed E-state index contributed by atoms with van der Waals surface area (Å²) in [6.45, 7) is 3.74. The molecule has 1 aromatic carbocycles. The summed E-state index contributed by atoms with van der Waals surface area (Å²) >= 11 is -2.15. The molecule has 0 saturated carbocycles. The van der Waals surface area contributed by atoms with Gasteiger partial charge in [0.2, 0.25) is 0 Å². The molecule has 1 atom stereocenters. The Morgan fingerprint density at radius 3 is 1.87 bits per heavy atom. The Kier molecular flexibility index (Phi) is 5.67. The third-order valence-electron chi connectivity index (χ3n) is 1.79. The minimum atomic E-state index is -2.15. The Morgan fingerprint density at radius 2 is 1.60 bits per heavy atom. The fraction of sp³-hybridized carbons (Fsp3) is 0.400. The smallest absolute Gasteiger partial charge is 0.0352 e. The zero-order chi connectivity index (χ0) is 12.1. The molecule has 15 heavy (non-hydrogen) atoms. The molecule has 0 heterocycles. The first-order chi connectivity index (χ1) is 6.91. The van der Waals surface area contributed by atoms with Gasteiger partial charge in [0.1, 0.15) is 0 Å². The number of benzene rings is 1. The first-order valence-corrected chi connectivity index (χ1v) is 5.55. The zero-order valence-electron chi connectivity index (χ0n) is 9.19. The van der Waals surface area contributed by atoms with E-state index in [-0.39, 0.29) is 4.90 Å². The summed E-state index contributed by atoms with van der Waals surface area (Å²) in [6.07, 6.45) is 0. The van der Waals surface area contributed by atoms with Crippen molar-refractivity contribution in [2.24, 2.45) is 11.5 Å². The van der Waals surface area contributed by atoms with E-state index >= 15 is 0 Å². The third kappa shape index (κ3) is 4.53. The van der Waals surface area contributed by atoms with Crippen LogP contribution in [0.3, 0.4) is 0 Å². The predicted octanol–water partition coefficient (Wildman–Crippen LogP) is 0.693. The van der Waals surface area contributed by atoms with Gasteiger partial charge in [0.15, 0.2) is 0 Å². The minimum Gasteiger partial charge on any atom is -0.768 e. The summed E-state index contributed by atoms with van der Waals surface area (Å²) < 4.78 is 21.1. The van der Waals surface area contributed by atoms with E-state index < -0.39 is 16.6 Å².